The highest BCUT2D eigenvalue weighted by molar-refractivity contribution is 6.07. The summed E-state index contributed by atoms with van der Waals surface area (Å²) in [6, 6.07) is 5.35. The van der Waals surface area contributed by atoms with E-state index in [9.17, 15) is 19.1 Å². The van der Waals surface area contributed by atoms with Gasteiger partial charge in [-0.15, -0.1) is 0 Å². The van der Waals surface area contributed by atoms with Crippen molar-refractivity contribution in [2.24, 2.45) is 0 Å². The van der Waals surface area contributed by atoms with Gasteiger partial charge in [-0.05, 0) is 18.9 Å². The Morgan fingerprint density at radius 3 is 2.48 bits per heavy atom. The molecule has 0 aromatic heterocycles. The van der Waals surface area contributed by atoms with Gasteiger partial charge < -0.3 is 10.4 Å². The van der Waals surface area contributed by atoms with E-state index in [1.807, 2.05) is 0 Å². The number of carbonyl (C=O) groups excluding carboxylic acids is 2. The summed E-state index contributed by atoms with van der Waals surface area (Å²) >= 11 is 0. The third-order valence-corrected chi connectivity index (χ3v) is 4.82. The van der Waals surface area contributed by atoms with Crippen LogP contribution < -0.4 is 5.32 Å². The Morgan fingerprint density at radius 1 is 1.17 bits per heavy atom. The summed E-state index contributed by atoms with van der Waals surface area (Å²) in [4.78, 5) is 26.0. The van der Waals surface area contributed by atoms with Crippen LogP contribution in [0, 0.1) is 5.82 Å². The molecular formula is C17H21FN2O3. The number of hydrogen-bond acceptors (Lipinski definition) is 3. The second-order valence-corrected chi connectivity index (χ2v) is 6.38. The second-order valence-electron chi connectivity index (χ2n) is 6.38. The van der Waals surface area contributed by atoms with Crippen LogP contribution in [0.15, 0.2) is 24.3 Å². The molecule has 23 heavy (non-hydrogen) atoms. The van der Waals surface area contributed by atoms with Crippen LogP contribution in [0.4, 0.5) is 9.18 Å². The molecule has 6 heteroatoms. The van der Waals surface area contributed by atoms with Crippen LogP contribution in [0.3, 0.4) is 0 Å². The maximum Gasteiger partial charge on any atom is 0.325 e. The molecule has 1 aromatic carbocycles. The van der Waals surface area contributed by atoms with Crippen molar-refractivity contribution in [1.29, 1.82) is 0 Å². The molecule has 2 N–H and O–H groups in total. The van der Waals surface area contributed by atoms with Crippen molar-refractivity contribution in [1.82, 2.24) is 10.2 Å². The Bertz CT molecular complexity index is 612. The molecule has 1 saturated carbocycles. The molecule has 1 aliphatic heterocycles. The van der Waals surface area contributed by atoms with E-state index >= 15 is 0 Å². The zero-order valence-electron chi connectivity index (χ0n) is 12.9. The number of nitrogens with zero attached hydrogens (tertiary/aromatic N) is 1. The lowest BCUT2D eigenvalue weighted by Crippen LogP contribution is -2.46. The summed E-state index contributed by atoms with van der Waals surface area (Å²) in [6.07, 6.45) is 3.94. The van der Waals surface area contributed by atoms with E-state index in [4.69, 9.17) is 0 Å². The number of halogens is 1. The highest BCUT2D eigenvalue weighted by Crippen LogP contribution is 2.33. The summed E-state index contributed by atoms with van der Waals surface area (Å²) in [7, 11) is 0. The Kier molecular flexibility index (Phi) is 4.35. The molecule has 1 heterocycles. The van der Waals surface area contributed by atoms with Crippen molar-refractivity contribution in [3.05, 3.63) is 35.6 Å². The number of imide groups is 1. The van der Waals surface area contributed by atoms with Crippen LogP contribution in [-0.2, 0) is 4.79 Å². The maximum atomic E-state index is 13.7. The van der Waals surface area contributed by atoms with Crippen LogP contribution in [0.5, 0.6) is 0 Å². The van der Waals surface area contributed by atoms with Crippen molar-refractivity contribution in [3.8, 4) is 0 Å². The van der Waals surface area contributed by atoms with E-state index in [0.29, 0.717) is 12.8 Å². The lowest BCUT2D eigenvalue weighted by molar-refractivity contribution is -0.132. The van der Waals surface area contributed by atoms with Crippen LogP contribution in [-0.4, -0.2) is 34.0 Å². The van der Waals surface area contributed by atoms with E-state index in [1.54, 1.807) is 6.07 Å². The van der Waals surface area contributed by atoms with Crippen molar-refractivity contribution in [2.45, 2.75) is 50.2 Å². The van der Waals surface area contributed by atoms with E-state index < -0.39 is 23.5 Å². The van der Waals surface area contributed by atoms with Crippen molar-refractivity contribution in [2.75, 3.05) is 6.54 Å². The zero-order chi connectivity index (χ0) is 16.4. The van der Waals surface area contributed by atoms with Gasteiger partial charge in [-0.3, -0.25) is 9.69 Å². The summed E-state index contributed by atoms with van der Waals surface area (Å²) < 4.78 is 13.7. The van der Waals surface area contributed by atoms with Gasteiger partial charge in [0.05, 0.1) is 12.6 Å². The maximum absolute atomic E-state index is 13.7. The standard InChI is InChI=1S/C17H21FN2O3/c18-13-8-4-3-7-12(13)14(21)11-20-15(22)17(19-16(20)23)9-5-1-2-6-10-17/h3-4,7-8,14,21H,1-2,5-6,9-11H2,(H,19,23)/t14-/m0/s1. The minimum Gasteiger partial charge on any atom is -0.386 e. The number of urea groups is 1. The van der Waals surface area contributed by atoms with Gasteiger partial charge in [-0.1, -0.05) is 43.9 Å². The minimum absolute atomic E-state index is 0.0925. The molecule has 0 unspecified atom stereocenters. The number of β-amino-alcohol motifs (C(OH)–C–C–N with tert-alkyl or cyclic N) is 1. The molecule has 5 nitrogen and oxygen atoms in total. The summed E-state index contributed by atoms with van der Waals surface area (Å²) in [5.74, 6) is -0.837. The third-order valence-electron chi connectivity index (χ3n) is 4.82. The molecule has 1 atom stereocenters. The number of carbonyl (C=O) groups is 2. The molecule has 124 valence electrons. The largest absolute Gasteiger partial charge is 0.386 e. The van der Waals surface area contributed by atoms with E-state index in [1.165, 1.54) is 18.2 Å². The van der Waals surface area contributed by atoms with E-state index in [-0.39, 0.29) is 18.0 Å². The SMILES string of the molecule is O=C1NC2(CCCCCC2)C(=O)N1C[C@H](O)c1ccccc1F. The summed E-state index contributed by atoms with van der Waals surface area (Å²) in [6.45, 7) is -0.229. The monoisotopic (exact) mass is 320 g/mol. The Labute approximate surface area is 134 Å². The number of rotatable bonds is 3. The first-order valence-electron chi connectivity index (χ1n) is 8.10. The first-order chi connectivity index (χ1) is 11.0. The molecule has 1 spiro atoms. The molecule has 3 amide bonds. The van der Waals surface area contributed by atoms with Gasteiger partial charge in [0, 0.05) is 5.56 Å². The molecule has 0 bridgehead atoms. The molecule has 2 fully saturated rings. The Hall–Kier alpha value is -1.95. The summed E-state index contributed by atoms with van der Waals surface area (Å²) in [5, 5.41) is 13.0. The number of amides is 3. The average molecular weight is 320 g/mol. The molecule has 2 aliphatic rings. The first kappa shape index (κ1) is 15.9. The molecular weight excluding hydrogens is 299 g/mol. The molecule has 0 radical (unpaired) electrons. The minimum atomic E-state index is -1.23. The van der Waals surface area contributed by atoms with Crippen LogP contribution in [0.1, 0.15) is 50.2 Å². The quantitative estimate of drug-likeness (QED) is 0.841. The third kappa shape index (κ3) is 2.95. The fraction of sp³-hybridized carbons (Fsp3) is 0.529. The Balaban J connectivity index is 1.77. The average Bonchev–Trinajstić information content (AvgIpc) is 2.72. The normalized spacial score (nSPS) is 22.1. The number of aliphatic hydroxyl groups is 1. The molecule has 1 aromatic rings. The van der Waals surface area contributed by atoms with Crippen molar-refractivity contribution in [3.63, 3.8) is 0 Å². The fourth-order valence-electron chi connectivity index (χ4n) is 3.53. The fourth-order valence-corrected chi connectivity index (χ4v) is 3.53. The lowest BCUT2D eigenvalue weighted by Gasteiger charge is -2.25. The Morgan fingerprint density at radius 2 is 1.83 bits per heavy atom. The van der Waals surface area contributed by atoms with E-state index in [2.05, 4.69) is 5.32 Å². The molecule has 3 rings (SSSR count). The van der Waals surface area contributed by atoms with Gasteiger partial charge in [0.2, 0.25) is 0 Å². The number of nitrogens with one attached hydrogen (secondary N) is 1. The number of hydrogen-bond donors (Lipinski definition) is 2. The number of aliphatic hydroxyl groups excluding tert-OH is 1. The topological polar surface area (TPSA) is 69.6 Å². The second kappa shape index (κ2) is 6.28. The molecule has 1 saturated heterocycles. The smallest absolute Gasteiger partial charge is 0.325 e. The van der Waals surface area contributed by atoms with Crippen LogP contribution in [0.2, 0.25) is 0 Å². The van der Waals surface area contributed by atoms with Crippen LogP contribution >= 0.6 is 0 Å². The van der Waals surface area contributed by atoms with Gasteiger partial charge in [0.25, 0.3) is 5.91 Å². The van der Waals surface area contributed by atoms with Gasteiger partial charge in [0.15, 0.2) is 0 Å². The first-order valence-corrected chi connectivity index (χ1v) is 8.10. The zero-order valence-corrected chi connectivity index (χ0v) is 12.9. The van der Waals surface area contributed by atoms with Gasteiger partial charge in [0.1, 0.15) is 11.4 Å². The van der Waals surface area contributed by atoms with E-state index in [0.717, 1.165) is 30.6 Å². The van der Waals surface area contributed by atoms with Crippen molar-refractivity contribution < 1.29 is 19.1 Å². The molecule has 1 aliphatic carbocycles. The van der Waals surface area contributed by atoms with Crippen LogP contribution in [0.25, 0.3) is 0 Å². The van der Waals surface area contributed by atoms with Gasteiger partial charge >= 0.3 is 6.03 Å². The lowest BCUT2D eigenvalue weighted by atomic mass is 9.90. The number of benzene rings is 1. The highest BCUT2D eigenvalue weighted by Gasteiger charge is 2.51. The predicted molar refractivity (Wildman–Crippen MR) is 82.0 cm³/mol. The van der Waals surface area contributed by atoms with Crippen molar-refractivity contribution >= 4 is 11.9 Å². The summed E-state index contributed by atoms with van der Waals surface area (Å²) in [5.41, 5.74) is -0.738. The van der Waals surface area contributed by atoms with Gasteiger partial charge in [-0.2, -0.15) is 0 Å². The predicted octanol–water partition coefficient (Wildman–Crippen LogP) is 2.50. The van der Waals surface area contributed by atoms with Gasteiger partial charge in [-0.25, -0.2) is 9.18 Å². The highest BCUT2D eigenvalue weighted by atomic mass is 19.1.